The molecule has 0 amide bonds. The first kappa shape index (κ1) is 12.2. The van der Waals surface area contributed by atoms with Gasteiger partial charge in [-0.25, -0.2) is 4.39 Å². The highest BCUT2D eigenvalue weighted by Crippen LogP contribution is 2.15. The topological polar surface area (TPSA) is 51.0 Å². The molecule has 90 valence electrons. The van der Waals surface area contributed by atoms with Gasteiger partial charge in [0.1, 0.15) is 5.82 Å². The molecule has 0 spiro atoms. The van der Waals surface area contributed by atoms with E-state index in [0.29, 0.717) is 30.4 Å². The molecule has 2 aromatic rings. The fourth-order valence-electron chi connectivity index (χ4n) is 1.39. The summed E-state index contributed by atoms with van der Waals surface area (Å²) in [4.78, 5) is 4.04. The first-order chi connectivity index (χ1) is 8.15. The molecule has 6 heteroatoms. The third-order valence-corrected chi connectivity index (χ3v) is 2.68. The molecule has 17 heavy (non-hydrogen) atoms. The van der Waals surface area contributed by atoms with Crippen LogP contribution >= 0.6 is 15.9 Å². The Morgan fingerprint density at radius 1 is 1.41 bits per heavy atom. The zero-order chi connectivity index (χ0) is 12.3. The fraction of sp³-hybridized carbons (Fsp3) is 0.273. The highest BCUT2D eigenvalue weighted by Gasteiger charge is 2.04. The highest BCUT2D eigenvalue weighted by molar-refractivity contribution is 9.10. The Bertz CT molecular complexity index is 515. The van der Waals surface area contributed by atoms with Gasteiger partial charge in [0, 0.05) is 23.5 Å². The predicted molar refractivity (Wildman–Crippen MR) is 63.7 cm³/mol. The molecule has 4 nitrogen and oxygen atoms in total. The second-order valence-corrected chi connectivity index (χ2v) is 4.48. The zero-order valence-electron chi connectivity index (χ0n) is 9.20. The van der Waals surface area contributed by atoms with E-state index in [4.69, 9.17) is 4.52 Å². The van der Waals surface area contributed by atoms with Gasteiger partial charge in [-0.3, -0.25) is 0 Å². The average molecular weight is 300 g/mol. The Hall–Kier alpha value is -1.27. The summed E-state index contributed by atoms with van der Waals surface area (Å²) in [7, 11) is 0. The van der Waals surface area contributed by atoms with Crippen LogP contribution in [0, 0.1) is 12.7 Å². The van der Waals surface area contributed by atoms with E-state index in [9.17, 15) is 4.39 Å². The molecule has 0 aliphatic carbocycles. The van der Waals surface area contributed by atoms with Gasteiger partial charge in [0.2, 0.25) is 5.89 Å². The van der Waals surface area contributed by atoms with Gasteiger partial charge in [0.15, 0.2) is 5.82 Å². The Morgan fingerprint density at radius 3 is 2.88 bits per heavy atom. The maximum absolute atomic E-state index is 13.5. The summed E-state index contributed by atoms with van der Waals surface area (Å²) in [6.45, 7) is 2.60. The van der Waals surface area contributed by atoms with Crippen LogP contribution in [0.5, 0.6) is 0 Å². The van der Waals surface area contributed by atoms with Crippen molar-refractivity contribution in [3.8, 4) is 0 Å². The first-order valence-corrected chi connectivity index (χ1v) is 5.88. The van der Waals surface area contributed by atoms with Crippen molar-refractivity contribution in [3.63, 3.8) is 0 Å². The molecule has 1 aromatic carbocycles. The van der Waals surface area contributed by atoms with Crippen LogP contribution < -0.4 is 5.32 Å². The lowest BCUT2D eigenvalue weighted by atomic mass is 10.2. The maximum Gasteiger partial charge on any atom is 0.223 e. The lowest BCUT2D eigenvalue weighted by Gasteiger charge is -2.04. The predicted octanol–water partition coefficient (Wildman–Crippen LogP) is 2.57. The Morgan fingerprint density at radius 2 is 2.24 bits per heavy atom. The number of nitrogens with zero attached hydrogens (tertiary/aromatic N) is 2. The summed E-state index contributed by atoms with van der Waals surface area (Å²) in [5.41, 5.74) is 0.605. The maximum atomic E-state index is 13.5. The number of halogens is 2. The van der Waals surface area contributed by atoms with Crippen molar-refractivity contribution in [2.75, 3.05) is 0 Å². The normalized spacial score (nSPS) is 10.8. The SMILES string of the molecule is Cc1nc(CNCc2ccc(Br)cc2F)no1. The van der Waals surface area contributed by atoms with Crippen LogP contribution in [-0.4, -0.2) is 10.1 Å². The molecule has 0 fully saturated rings. The molecule has 0 radical (unpaired) electrons. The van der Waals surface area contributed by atoms with E-state index in [0.717, 1.165) is 4.47 Å². The number of nitrogens with one attached hydrogen (secondary N) is 1. The van der Waals surface area contributed by atoms with E-state index in [1.54, 1.807) is 19.1 Å². The van der Waals surface area contributed by atoms with Crippen LogP contribution in [0.25, 0.3) is 0 Å². The molecule has 0 aliphatic rings. The minimum absolute atomic E-state index is 0.240. The molecule has 0 saturated carbocycles. The van der Waals surface area contributed by atoms with E-state index in [2.05, 4.69) is 31.4 Å². The molecule has 0 unspecified atom stereocenters. The van der Waals surface area contributed by atoms with E-state index in [1.165, 1.54) is 6.07 Å². The van der Waals surface area contributed by atoms with Gasteiger partial charge >= 0.3 is 0 Å². The van der Waals surface area contributed by atoms with Crippen LogP contribution in [0.2, 0.25) is 0 Å². The third-order valence-electron chi connectivity index (χ3n) is 2.18. The quantitative estimate of drug-likeness (QED) is 0.943. The fourth-order valence-corrected chi connectivity index (χ4v) is 1.72. The van der Waals surface area contributed by atoms with Crippen LogP contribution in [0.3, 0.4) is 0 Å². The molecule has 1 heterocycles. The van der Waals surface area contributed by atoms with Crippen LogP contribution in [-0.2, 0) is 13.1 Å². The van der Waals surface area contributed by atoms with Crippen molar-refractivity contribution in [3.05, 3.63) is 45.8 Å². The molecule has 0 aliphatic heterocycles. The van der Waals surface area contributed by atoms with Crippen molar-refractivity contribution >= 4 is 15.9 Å². The van der Waals surface area contributed by atoms with Crippen LogP contribution in [0.4, 0.5) is 4.39 Å². The van der Waals surface area contributed by atoms with E-state index in [-0.39, 0.29) is 5.82 Å². The Labute approximate surface area is 106 Å². The standard InChI is InChI=1S/C11H11BrFN3O/c1-7-15-11(16-17-7)6-14-5-8-2-3-9(12)4-10(8)13/h2-4,14H,5-6H2,1H3. The number of aromatic nitrogens is 2. The molecule has 0 atom stereocenters. The number of aryl methyl sites for hydroxylation is 1. The van der Waals surface area contributed by atoms with Crippen molar-refractivity contribution in [2.24, 2.45) is 0 Å². The van der Waals surface area contributed by atoms with Gasteiger partial charge in [-0.15, -0.1) is 0 Å². The van der Waals surface area contributed by atoms with Gasteiger partial charge in [0.05, 0.1) is 6.54 Å². The summed E-state index contributed by atoms with van der Waals surface area (Å²) >= 11 is 3.21. The minimum Gasteiger partial charge on any atom is -0.340 e. The van der Waals surface area contributed by atoms with Crippen molar-refractivity contribution in [2.45, 2.75) is 20.0 Å². The highest BCUT2D eigenvalue weighted by atomic mass is 79.9. The van der Waals surface area contributed by atoms with Gasteiger partial charge in [-0.2, -0.15) is 4.98 Å². The van der Waals surface area contributed by atoms with Gasteiger partial charge in [-0.1, -0.05) is 27.2 Å². The molecule has 0 bridgehead atoms. The Kier molecular flexibility index (Phi) is 3.86. The van der Waals surface area contributed by atoms with E-state index < -0.39 is 0 Å². The summed E-state index contributed by atoms with van der Waals surface area (Å²) in [5.74, 6) is 0.854. The summed E-state index contributed by atoms with van der Waals surface area (Å²) in [6.07, 6.45) is 0. The molecule has 1 aromatic heterocycles. The van der Waals surface area contributed by atoms with Crippen molar-refractivity contribution in [1.82, 2.24) is 15.5 Å². The molecule has 2 rings (SSSR count). The number of benzene rings is 1. The molecule has 1 N–H and O–H groups in total. The van der Waals surface area contributed by atoms with Gasteiger partial charge in [-0.05, 0) is 12.1 Å². The number of hydrogen-bond donors (Lipinski definition) is 1. The molecule has 0 saturated heterocycles. The smallest absolute Gasteiger partial charge is 0.223 e. The third kappa shape index (κ3) is 3.34. The van der Waals surface area contributed by atoms with Crippen molar-refractivity contribution < 1.29 is 8.91 Å². The second kappa shape index (κ2) is 5.37. The lowest BCUT2D eigenvalue weighted by molar-refractivity contribution is 0.385. The monoisotopic (exact) mass is 299 g/mol. The summed E-state index contributed by atoms with van der Waals surface area (Å²) in [5, 5.41) is 6.78. The van der Waals surface area contributed by atoms with Gasteiger partial charge < -0.3 is 9.84 Å². The van der Waals surface area contributed by atoms with E-state index >= 15 is 0 Å². The summed E-state index contributed by atoms with van der Waals surface area (Å²) < 4.78 is 19.0. The van der Waals surface area contributed by atoms with E-state index in [1.807, 2.05) is 0 Å². The zero-order valence-corrected chi connectivity index (χ0v) is 10.8. The Balaban J connectivity index is 1.90. The average Bonchev–Trinajstić information content (AvgIpc) is 2.68. The molecular weight excluding hydrogens is 289 g/mol. The largest absolute Gasteiger partial charge is 0.340 e. The van der Waals surface area contributed by atoms with Crippen LogP contribution in [0.15, 0.2) is 27.2 Å². The van der Waals surface area contributed by atoms with Crippen LogP contribution in [0.1, 0.15) is 17.3 Å². The lowest BCUT2D eigenvalue weighted by Crippen LogP contribution is -2.14. The number of rotatable bonds is 4. The summed E-state index contributed by atoms with van der Waals surface area (Å²) in [6, 6.07) is 4.97. The minimum atomic E-state index is -0.240. The van der Waals surface area contributed by atoms with Gasteiger partial charge in [0.25, 0.3) is 0 Å². The second-order valence-electron chi connectivity index (χ2n) is 3.57. The molecular formula is C11H11BrFN3O. The number of hydrogen-bond acceptors (Lipinski definition) is 4. The first-order valence-electron chi connectivity index (χ1n) is 5.09. The van der Waals surface area contributed by atoms with Crippen molar-refractivity contribution in [1.29, 1.82) is 0 Å².